The number of hydrogen-bond acceptors (Lipinski definition) is 0. The lowest BCUT2D eigenvalue weighted by Crippen LogP contribution is -2.16. The summed E-state index contributed by atoms with van der Waals surface area (Å²) >= 11 is 0. The van der Waals surface area contributed by atoms with Crippen molar-refractivity contribution in [3.8, 4) is 33.4 Å². The Labute approximate surface area is 299 Å². The topological polar surface area (TPSA) is 0 Å². The van der Waals surface area contributed by atoms with Gasteiger partial charge in [-0.15, -0.1) is 0 Å². The van der Waals surface area contributed by atoms with Crippen LogP contribution in [0.2, 0.25) is 0 Å². The summed E-state index contributed by atoms with van der Waals surface area (Å²) < 4.78 is 0. The summed E-state index contributed by atoms with van der Waals surface area (Å²) in [5.41, 5.74) is 12.8. The maximum atomic E-state index is 2.49. The Morgan fingerprint density at radius 1 is 0.353 bits per heavy atom. The van der Waals surface area contributed by atoms with Crippen molar-refractivity contribution < 1.29 is 0 Å². The third kappa shape index (κ3) is 4.53. The van der Waals surface area contributed by atoms with Crippen molar-refractivity contribution in [1.29, 1.82) is 0 Å². The first-order valence-corrected chi connectivity index (χ1v) is 17.9. The molecule has 0 heteroatoms. The second-order valence-electron chi connectivity index (χ2n) is 14.4. The minimum Gasteiger partial charge on any atom is -0.0622 e. The van der Waals surface area contributed by atoms with Gasteiger partial charge >= 0.3 is 0 Å². The zero-order valence-corrected chi connectivity index (χ0v) is 28.8. The maximum Gasteiger partial charge on any atom is 0.0159 e. The second-order valence-corrected chi connectivity index (χ2v) is 14.4. The van der Waals surface area contributed by atoms with Gasteiger partial charge in [0.2, 0.25) is 0 Å². The highest BCUT2D eigenvalue weighted by atomic mass is 14.4. The summed E-state index contributed by atoms with van der Waals surface area (Å²) in [7, 11) is 0. The van der Waals surface area contributed by atoms with Crippen LogP contribution in [0.15, 0.2) is 176 Å². The third-order valence-electron chi connectivity index (χ3n) is 11.3. The van der Waals surface area contributed by atoms with Crippen molar-refractivity contribution in [2.75, 3.05) is 0 Å². The molecule has 0 N–H and O–H groups in total. The van der Waals surface area contributed by atoms with Crippen LogP contribution in [0.4, 0.5) is 0 Å². The molecule has 0 amide bonds. The Bertz CT molecular complexity index is 2800. The first kappa shape index (κ1) is 29.7. The van der Waals surface area contributed by atoms with E-state index in [4.69, 9.17) is 0 Å². The van der Waals surface area contributed by atoms with Crippen LogP contribution < -0.4 is 0 Å². The molecular weight excluding hydrogens is 613 g/mol. The molecule has 240 valence electrons. The maximum absolute atomic E-state index is 2.49. The SMILES string of the molecule is CC1(C)C(c2ccccc2)=Cc2c(-c3ccccc3)cc(-c3c4ccccc4c(-c4cccc5c4ccc4ccccc45)c4ccccc34)cc21. The summed E-state index contributed by atoms with van der Waals surface area (Å²) in [6, 6.07) is 65.0. The van der Waals surface area contributed by atoms with Crippen LogP contribution in [-0.2, 0) is 5.41 Å². The monoisotopic (exact) mass is 648 g/mol. The molecule has 9 aromatic rings. The smallest absolute Gasteiger partial charge is 0.0159 e. The van der Waals surface area contributed by atoms with Gasteiger partial charge in [-0.1, -0.05) is 178 Å². The predicted octanol–water partition coefficient (Wildman–Crippen LogP) is 14.1. The van der Waals surface area contributed by atoms with Crippen LogP contribution in [-0.4, -0.2) is 0 Å². The molecular formula is C51H36. The zero-order valence-electron chi connectivity index (χ0n) is 28.8. The Morgan fingerprint density at radius 3 is 1.57 bits per heavy atom. The molecule has 51 heavy (non-hydrogen) atoms. The van der Waals surface area contributed by atoms with E-state index in [0.717, 1.165) is 0 Å². The van der Waals surface area contributed by atoms with Gasteiger partial charge < -0.3 is 0 Å². The third-order valence-corrected chi connectivity index (χ3v) is 11.3. The number of allylic oxidation sites excluding steroid dienone is 1. The quantitative estimate of drug-likeness (QED) is 0.132. The molecule has 0 aromatic heterocycles. The fraction of sp³-hybridized carbons (Fsp3) is 0.0588. The number of hydrogen-bond donors (Lipinski definition) is 0. The molecule has 0 bridgehead atoms. The van der Waals surface area contributed by atoms with E-state index < -0.39 is 0 Å². The first-order valence-electron chi connectivity index (χ1n) is 17.9. The Balaban J connectivity index is 1.29. The molecule has 0 nitrogen and oxygen atoms in total. The minimum absolute atomic E-state index is 0.173. The highest BCUT2D eigenvalue weighted by Crippen LogP contribution is 2.52. The average molecular weight is 649 g/mol. The van der Waals surface area contributed by atoms with Gasteiger partial charge in [-0.2, -0.15) is 0 Å². The van der Waals surface area contributed by atoms with Crippen LogP contribution >= 0.6 is 0 Å². The summed E-state index contributed by atoms with van der Waals surface area (Å²) in [6.07, 6.45) is 2.44. The van der Waals surface area contributed by atoms with Gasteiger partial charge in [0.25, 0.3) is 0 Å². The van der Waals surface area contributed by atoms with E-state index in [9.17, 15) is 0 Å². The van der Waals surface area contributed by atoms with Gasteiger partial charge in [-0.3, -0.25) is 0 Å². The molecule has 9 aromatic carbocycles. The summed E-state index contributed by atoms with van der Waals surface area (Å²) in [4.78, 5) is 0. The lowest BCUT2D eigenvalue weighted by atomic mass is 9.76. The lowest BCUT2D eigenvalue weighted by Gasteiger charge is -2.27. The molecule has 0 aliphatic heterocycles. The number of rotatable bonds is 4. The van der Waals surface area contributed by atoms with Gasteiger partial charge in [0.05, 0.1) is 0 Å². The predicted molar refractivity (Wildman–Crippen MR) is 220 cm³/mol. The largest absolute Gasteiger partial charge is 0.0622 e. The Morgan fingerprint density at radius 2 is 0.902 bits per heavy atom. The molecule has 0 saturated carbocycles. The fourth-order valence-corrected chi connectivity index (χ4v) is 8.85. The highest BCUT2D eigenvalue weighted by Gasteiger charge is 2.36. The molecule has 0 unspecified atom stereocenters. The molecule has 10 rings (SSSR count). The summed E-state index contributed by atoms with van der Waals surface area (Å²) in [5, 5.41) is 10.2. The van der Waals surface area contributed by atoms with E-state index in [1.54, 1.807) is 0 Å². The number of benzene rings is 9. The van der Waals surface area contributed by atoms with Gasteiger partial charge in [-0.05, 0) is 117 Å². The Kier molecular flexibility index (Phi) is 6.63. The van der Waals surface area contributed by atoms with Crippen molar-refractivity contribution >= 4 is 54.7 Å². The first-order chi connectivity index (χ1) is 25.1. The second kappa shape index (κ2) is 11.4. The van der Waals surface area contributed by atoms with Gasteiger partial charge in [0.15, 0.2) is 0 Å². The minimum atomic E-state index is -0.173. The molecule has 0 saturated heterocycles. The van der Waals surface area contributed by atoms with Crippen LogP contribution in [0.1, 0.15) is 30.5 Å². The van der Waals surface area contributed by atoms with Gasteiger partial charge in [0, 0.05) is 5.41 Å². The summed E-state index contributed by atoms with van der Waals surface area (Å²) in [5.74, 6) is 0. The highest BCUT2D eigenvalue weighted by molar-refractivity contribution is 6.25. The van der Waals surface area contributed by atoms with Crippen molar-refractivity contribution in [2.45, 2.75) is 19.3 Å². The molecule has 0 fully saturated rings. The molecule has 0 radical (unpaired) electrons. The normalized spacial score (nSPS) is 13.6. The molecule has 0 heterocycles. The Hall–Kier alpha value is -6.24. The van der Waals surface area contributed by atoms with Crippen molar-refractivity contribution in [2.24, 2.45) is 0 Å². The summed E-state index contributed by atoms with van der Waals surface area (Å²) in [6.45, 7) is 4.78. The molecule has 0 spiro atoms. The standard InChI is InChI=1S/C51H36/c1-51(2)47(35-19-7-4-8-20-35)32-46-45(33-16-5-3-6-17-33)30-36(31-48(46)51)49-41-22-11-13-24-43(41)50(44-25-14-12-23-42(44)49)40-27-15-26-38-37-21-10-9-18-34(37)28-29-39(38)40/h3-32H,1-2H3. The van der Waals surface area contributed by atoms with Crippen molar-refractivity contribution in [3.05, 3.63) is 193 Å². The van der Waals surface area contributed by atoms with E-state index in [2.05, 4.69) is 196 Å². The van der Waals surface area contributed by atoms with Gasteiger partial charge in [-0.25, -0.2) is 0 Å². The molecule has 1 aliphatic carbocycles. The van der Waals surface area contributed by atoms with E-state index in [-0.39, 0.29) is 5.41 Å². The van der Waals surface area contributed by atoms with Crippen LogP contribution in [0.5, 0.6) is 0 Å². The van der Waals surface area contributed by atoms with E-state index in [1.165, 1.54) is 98.7 Å². The van der Waals surface area contributed by atoms with Crippen LogP contribution in [0.25, 0.3) is 88.1 Å². The van der Waals surface area contributed by atoms with Crippen LogP contribution in [0.3, 0.4) is 0 Å². The zero-order chi connectivity index (χ0) is 34.1. The van der Waals surface area contributed by atoms with Gasteiger partial charge in [0.1, 0.15) is 0 Å². The molecule has 1 aliphatic rings. The molecule has 0 atom stereocenters. The van der Waals surface area contributed by atoms with Crippen molar-refractivity contribution in [1.82, 2.24) is 0 Å². The lowest BCUT2D eigenvalue weighted by molar-refractivity contribution is 0.704. The van der Waals surface area contributed by atoms with E-state index in [1.807, 2.05) is 0 Å². The van der Waals surface area contributed by atoms with E-state index >= 15 is 0 Å². The average Bonchev–Trinajstić information content (AvgIpc) is 3.46. The van der Waals surface area contributed by atoms with Crippen molar-refractivity contribution in [3.63, 3.8) is 0 Å². The number of fused-ring (bicyclic) bond motifs is 6. The van der Waals surface area contributed by atoms with Crippen LogP contribution in [0, 0.1) is 0 Å². The van der Waals surface area contributed by atoms with E-state index in [0.29, 0.717) is 0 Å². The fourth-order valence-electron chi connectivity index (χ4n) is 8.85.